The molecule has 1 heterocycles. The summed E-state index contributed by atoms with van der Waals surface area (Å²) >= 11 is 3.33. The summed E-state index contributed by atoms with van der Waals surface area (Å²) in [6, 6.07) is 0. The second-order valence-corrected chi connectivity index (χ2v) is 3.30. The lowest BCUT2D eigenvalue weighted by atomic mass is 10.2. The zero-order valence-corrected chi connectivity index (χ0v) is 8.06. The van der Waals surface area contributed by atoms with Gasteiger partial charge < -0.3 is 4.74 Å². The maximum absolute atomic E-state index is 10.6. The average molecular weight is 219 g/mol. The van der Waals surface area contributed by atoms with Crippen molar-refractivity contribution in [2.24, 2.45) is 0 Å². The van der Waals surface area contributed by atoms with Gasteiger partial charge in [0.2, 0.25) is 0 Å². The Labute approximate surface area is 74.7 Å². The van der Waals surface area contributed by atoms with Gasteiger partial charge >= 0.3 is 0 Å². The quantitative estimate of drug-likeness (QED) is 0.524. The third-order valence-corrected chi connectivity index (χ3v) is 2.29. The molecule has 0 saturated carbocycles. The highest BCUT2D eigenvalue weighted by Crippen LogP contribution is 2.23. The highest BCUT2D eigenvalue weighted by atomic mass is 79.9. The predicted molar refractivity (Wildman–Crippen MR) is 46.7 cm³/mol. The van der Waals surface area contributed by atoms with Gasteiger partial charge in [0.15, 0.2) is 5.78 Å². The van der Waals surface area contributed by atoms with Crippen LogP contribution in [-0.2, 0) is 9.53 Å². The molecular weight excluding hydrogens is 208 g/mol. The number of hydrogen-bond donors (Lipinski definition) is 0. The van der Waals surface area contributed by atoms with E-state index in [-0.39, 0.29) is 11.9 Å². The van der Waals surface area contributed by atoms with E-state index in [4.69, 9.17) is 4.74 Å². The van der Waals surface area contributed by atoms with Crippen molar-refractivity contribution in [1.82, 2.24) is 0 Å². The Morgan fingerprint density at radius 3 is 3.09 bits per heavy atom. The first kappa shape index (κ1) is 8.78. The van der Waals surface area contributed by atoms with Gasteiger partial charge in [-0.3, -0.25) is 4.79 Å². The zero-order valence-electron chi connectivity index (χ0n) is 6.47. The van der Waals surface area contributed by atoms with Crippen LogP contribution in [0.4, 0.5) is 0 Å². The Morgan fingerprint density at radius 1 is 1.91 bits per heavy atom. The fraction of sp³-hybridized carbons (Fsp3) is 0.625. The van der Waals surface area contributed by atoms with E-state index in [9.17, 15) is 4.79 Å². The summed E-state index contributed by atoms with van der Waals surface area (Å²) in [5.74, 6) is 0.900. The molecule has 1 unspecified atom stereocenters. The first-order chi connectivity index (χ1) is 5.22. The number of halogens is 1. The van der Waals surface area contributed by atoms with Crippen molar-refractivity contribution in [2.75, 3.05) is 5.33 Å². The molecule has 0 amide bonds. The Bertz CT molecular complexity index is 187. The number of carbonyl (C=O) groups is 1. The van der Waals surface area contributed by atoms with Gasteiger partial charge in [0.05, 0.1) is 0 Å². The zero-order chi connectivity index (χ0) is 8.27. The molecule has 0 bridgehead atoms. The van der Waals surface area contributed by atoms with Gasteiger partial charge in [0, 0.05) is 17.8 Å². The van der Waals surface area contributed by atoms with Crippen molar-refractivity contribution < 1.29 is 9.53 Å². The first-order valence-electron chi connectivity index (χ1n) is 3.66. The van der Waals surface area contributed by atoms with Crippen LogP contribution in [-0.4, -0.2) is 17.2 Å². The van der Waals surface area contributed by atoms with Crippen LogP contribution in [0.3, 0.4) is 0 Å². The monoisotopic (exact) mass is 218 g/mol. The number of ether oxygens (including phenoxy) is 1. The molecule has 3 heteroatoms. The van der Waals surface area contributed by atoms with E-state index in [0.717, 1.165) is 23.9 Å². The molecule has 0 radical (unpaired) electrons. The van der Waals surface area contributed by atoms with Crippen molar-refractivity contribution in [3.63, 3.8) is 0 Å². The van der Waals surface area contributed by atoms with E-state index in [2.05, 4.69) is 15.9 Å². The molecular formula is C8H11BrO2. The van der Waals surface area contributed by atoms with Crippen LogP contribution in [0.15, 0.2) is 11.8 Å². The summed E-state index contributed by atoms with van der Waals surface area (Å²) in [5, 5.41) is 0.849. The molecule has 1 aliphatic rings. The van der Waals surface area contributed by atoms with Crippen LogP contribution < -0.4 is 0 Å². The molecule has 0 aliphatic carbocycles. The van der Waals surface area contributed by atoms with E-state index in [1.54, 1.807) is 6.08 Å². The fourth-order valence-electron chi connectivity index (χ4n) is 1.08. The molecule has 0 aromatic heterocycles. The number of alkyl halides is 1. The average Bonchev–Trinajstić information content (AvgIpc) is 2.34. The molecule has 2 nitrogen and oxygen atoms in total. The summed E-state index contributed by atoms with van der Waals surface area (Å²) in [7, 11) is 0. The van der Waals surface area contributed by atoms with E-state index < -0.39 is 0 Å². The van der Waals surface area contributed by atoms with Crippen LogP contribution in [0.5, 0.6) is 0 Å². The lowest BCUT2D eigenvalue weighted by molar-refractivity contribution is -0.112. The molecule has 0 N–H and O–H groups in total. The fourth-order valence-corrected chi connectivity index (χ4v) is 1.53. The van der Waals surface area contributed by atoms with E-state index in [0.29, 0.717) is 0 Å². The summed E-state index contributed by atoms with van der Waals surface area (Å²) in [6.45, 7) is 1.54. The summed E-state index contributed by atoms with van der Waals surface area (Å²) in [4.78, 5) is 10.6. The normalized spacial score (nSPS) is 27.1. The van der Waals surface area contributed by atoms with Crippen LogP contribution in [0.1, 0.15) is 19.8 Å². The highest BCUT2D eigenvalue weighted by Gasteiger charge is 2.19. The predicted octanol–water partition coefficient (Wildman–Crippen LogP) is 2.03. The smallest absolute Gasteiger partial charge is 0.155 e. The molecule has 11 heavy (non-hydrogen) atoms. The van der Waals surface area contributed by atoms with Gasteiger partial charge in [-0.25, -0.2) is 0 Å². The lowest BCUT2D eigenvalue weighted by Gasteiger charge is -2.04. The number of allylic oxidation sites excluding steroid dienone is 2. The summed E-state index contributed by atoms with van der Waals surface area (Å²) < 4.78 is 5.41. The van der Waals surface area contributed by atoms with Gasteiger partial charge in [0.1, 0.15) is 11.9 Å². The van der Waals surface area contributed by atoms with Gasteiger partial charge in [-0.15, -0.1) is 0 Å². The standard InChI is InChI=1S/C8H11BrO2/c1-6(10)4-7-2-3-8(5-9)11-7/h4,8H,2-3,5H2,1H3/b7-4+. The molecule has 0 aromatic rings. The minimum absolute atomic E-state index is 0.0650. The van der Waals surface area contributed by atoms with Crippen LogP contribution >= 0.6 is 15.9 Å². The third kappa shape index (κ3) is 2.66. The van der Waals surface area contributed by atoms with Crippen molar-refractivity contribution in [3.8, 4) is 0 Å². The largest absolute Gasteiger partial charge is 0.494 e. The second-order valence-electron chi connectivity index (χ2n) is 2.65. The SMILES string of the molecule is CC(=O)/C=C1\CCC(CBr)O1. The Morgan fingerprint density at radius 2 is 2.64 bits per heavy atom. The van der Waals surface area contributed by atoms with Crippen molar-refractivity contribution in [1.29, 1.82) is 0 Å². The van der Waals surface area contributed by atoms with Crippen molar-refractivity contribution >= 4 is 21.7 Å². The van der Waals surface area contributed by atoms with Gasteiger partial charge in [0.25, 0.3) is 0 Å². The number of carbonyl (C=O) groups excluding carboxylic acids is 1. The Kier molecular flexibility index (Phi) is 3.12. The Balaban J connectivity index is 2.47. The van der Waals surface area contributed by atoms with Crippen molar-refractivity contribution in [2.45, 2.75) is 25.9 Å². The van der Waals surface area contributed by atoms with Gasteiger partial charge in [-0.2, -0.15) is 0 Å². The maximum atomic E-state index is 10.6. The lowest BCUT2D eigenvalue weighted by Crippen LogP contribution is -2.04. The second kappa shape index (κ2) is 3.90. The van der Waals surface area contributed by atoms with Crippen LogP contribution in [0, 0.1) is 0 Å². The first-order valence-corrected chi connectivity index (χ1v) is 4.78. The van der Waals surface area contributed by atoms with Gasteiger partial charge in [-0.05, 0) is 13.3 Å². The molecule has 1 aliphatic heterocycles. The van der Waals surface area contributed by atoms with Gasteiger partial charge in [-0.1, -0.05) is 15.9 Å². The molecule has 0 aromatic carbocycles. The maximum Gasteiger partial charge on any atom is 0.155 e. The van der Waals surface area contributed by atoms with Crippen LogP contribution in [0.2, 0.25) is 0 Å². The summed E-state index contributed by atoms with van der Waals surface area (Å²) in [5.41, 5.74) is 0. The molecule has 1 atom stereocenters. The number of hydrogen-bond acceptors (Lipinski definition) is 2. The van der Waals surface area contributed by atoms with E-state index in [1.165, 1.54) is 6.92 Å². The van der Waals surface area contributed by atoms with Crippen LogP contribution in [0.25, 0.3) is 0 Å². The Hall–Kier alpha value is -0.310. The summed E-state index contributed by atoms with van der Waals surface area (Å²) in [6.07, 6.45) is 3.75. The molecule has 1 rings (SSSR count). The molecule has 1 saturated heterocycles. The van der Waals surface area contributed by atoms with E-state index in [1.807, 2.05) is 0 Å². The van der Waals surface area contributed by atoms with Crippen molar-refractivity contribution in [3.05, 3.63) is 11.8 Å². The third-order valence-electron chi connectivity index (χ3n) is 1.57. The minimum atomic E-state index is 0.0650. The van der Waals surface area contributed by atoms with E-state index >= 15 is 0 Å². The molecule has 0 spiro atoms. The molecule has 62 valence electrons. The highest BCUT2D eigenvalue weighted by molar-refractivity contribution is 9.09. The number of ketones is 1. The minimum Gasteiger partial charge on any atom is -0.494 e. The number of rotatable bonds is 2. The molecule has 1 fully saturated rings. The topological polar surface area (TPSA) is 26.3 Å².